The second-order valence-corrected chi connectivity index (χ2v) is 9.75. The van der Waals surface area contributed by atoms with Crippen molar-refractivity contribution in [2.24, 2.45) is 5.92 Å². The number of aryl methyl sites for hydroxylation is 2. The van der Waals surface area contributed by atoms with Gasteiger partial charge in [0, 0.05) is 26.5 Å². The average molecular weight is 341 g/mol. The lowest BCUT2D eigenvalue weighted by molar-refractivity contribution is -0.120. The van der Waals surface area contributed by atoms with E-state index in [9.17, 15) is 13.2 Å². The van der Waals surface area contributed by atoms with Crippen LogP contribution in [0.25, 0.3) is 0 Å². The molecule has 2 heterocycles. The second kappa shape index (κ2) is 5.23. The van der Waals surface area contributed by atoms with Gasteiger partial charge in [0.1, 0.15) is 4.21 Å². The minimum Gasteiger partial charge on any atom is -0.274 e. The Morgan fingerprint density at radius 2 is 1.81 bits per heavy atom. The van der Waals surface area contributed by atoms with Gasteiger partial charge in [-0.1, -0.05) is 0 Å². The summed E-state index contributed by atoms with van der Waals surface area (Å²) in [5, 5.41) is 0. The van der Waals surface area contributed by atoms with Gasteiger partial charge in [0.15, 0.2) is 0 Å². The summed E-state index contributed by atoms with van der Waals surface area (Å²) in [6, 6.07) is 7.31. The van der Waals surface area contributed by atoms with Crippen LogP contribution in [0.4, 0.5) is 0 Å². The Bertz CT molecular complexity index is 788. The molecule has 0 bridgehead atoms. The maximum absolute atomic E-state index is 12.1. The Labute approximate surface area is 131 Å². The van der Waals surface area contributed by atoms with Crippen LogP contribution in [-0.4, -0.2) is 14.3 Å². The monoisotopic (exact) mass is 341 g/mol. The lowest BCUT2D eigenvalue weighted by Gasteiger charge is -2.04. The summed E-state index contributed by atoms with van der Waals surface area (Å²) < 4.78 is 26.6. The third-order valence-electron chi connectivity index (χ3n) is 3.47. The van der Waals surface area contributed by atoms with Crippen molar-refractivity contribution in [3.63, 3.8) is 0 Å². The maximum atomic E-state index is 12.1. The first kappa shape index (κ1) is 14.7. The maximum Gasteiger partial charge on any atom is 0.273 e. The topological polar surface area (TPSA) is 63.2 Å². The molecule has 112 valence electrons. The highest BCUT2D eigenvalue weighted by molar-refractivity contribution is 7.92. The van der Waals surface area contributed by atoms with E-state index in [-0.39, 0.29) is 16.0 Å². The van der Waals surface area contributed by atoms with E-state index in [0.717, 1.165) is 16.2 Å². The minimum absolute atomic E-state index is 0.170. The zero-order chi connectivity index (χ0) is 15.2. The molecule has 1 N–H and O–H groups in total. The third-order valence-corrected chi connectivity index (χ3v) is 7.44. The van der Waals surface area contributed by atoms with Crippen LogP contribution in [0.3, 0.4) is 0 Å². The van der Waals surface area contributed by atoms with Crippen LogP contribution in [0.2, 0.25) is 0 Å². The zero-order valence-electron chi connectivity index (χ0n) is 11.6. The highest BCUT2D eigenvalue weighted by Gasteiger charge is 2.46. The number of rotatable bonds is 4. The largest absolute Gasteiger partial charge is 0.274 e. The van der Waals surface area contributed by atoms with E-state index in [0.29, 0.717) is 0 Å². The molecule has 2 aromatic rings. The predicted molar refractivity (Wildman–Crippen MR) is 84.3 cm³/mol. The van der Waals surface area contributed by atoms with Gasteiger partial charge in [-0.25, -0.2) is 13.1 Å². The first-order valence-corrected chi connectivity index (χ1v) is 9.68. The molecule has 0 aromatic carbocycles. The summed E-state index contributed by atoms with van der Waals surface area (Å²) in [6.45, 7) is 3.86. The van der Waals surface area contributed by atoms with Crippen molar-refractivity contribution in [1.82, 2.24) is 4.72 Å². The van der Waals surface area contributed by atoms with E-state index in [1.165, 1.54) is 22.3 Å². The number of carbonyl (C=O) groups excluding carboxylic acids is 1. The fourth-order valence-electron chi connectivity index (χ4n) is 2.27. The summed E-state index contributed by atoms with van der Waals surface area (Å²) in [5.74, 6) is -0.444. The van der Waals surface area contributed by atoms with Gasteiger partial charge in [0.2, 0.25) is 5.91 Å². The molecule has 1 aliphatic rings. The number of hydrogen-bond acceptors (Lipinski definition) is 5. The number of sulfonamides is 1. The molecular formula is C14H15NO3S3. The first-order valence-electron chi connectivity index (χ1n) is 6.56. The number of hydrogen-bond donors (Lipinski definition) is 1. The van der Waals surface area contributed by atoms with E-state index in [4.69, 9.17) is 0 Å². The van der Waals surface area contributed by atoms with Crippen LogP contribution in [0, 0.1) is 19.8 Å². The molecule has 1 aliphatic carbocycles. The standard InChI is InChI=1S/C14H15NO3S3/c1-8-3-5-12(19-8)10-7-11(10)14(16)15-21(17,18)13-6-4-9(2)20-13/h3-6,10-11H,7H2,1-2H3,(H,15,16)/t10-,11+/m0/s1. The SMILES string of the molecule is Cc1ccc([C@H]2C[C@H]2C(=O)NS(=O)(=O)c2ccc(C)s2)s1. The lowest BCUT2D eigenvalue weighted by atomic mass is 10.2. The first-order chi connectivity index (χ1) is 9.87. The van der Waals surface area contributed by atoms with Gasteiger partial charge < -0.3 is 0 Å². The van der Waals surface area contributed by atoms with Crippen LogP contribution in [0.15, 0.2) is 28.5 Å². The highest BCUT2D eigenvalue weighted by Crippen LogP contribution is 2.49. The van der Waals surface area contributed by atoms with Crippen molar-refractivity contribution in [2.75, 3.05) is 0 Å². The Morgan fingerprint density at radius 1 is 1.14 bits per heavy atom. The predicted octanol–water partition coefficient (Wildman–Crippen LogP) is 3.04. The summed E-state index contributed by atoms with van der Waals surface area (Å²) in [4.78, 5) is 15.4. The Hall–Kier alpha value is -1.18. The molecule has 1 fully saturated rings. The number of thiophene rings is 2. The lowest BCUT2D eigenvalue weighted by Crippen LogP contribution is -2.31. The van der Waals surface area contributed by atoms with E-state index in [2.05, 4.69) is 4.72 Å². The molecular weight excluding hydrogens is 326 g/mol. The molecule has 2 aromatic heterocycles. The summed E-state index contributed by atoms with van der Waals surface area (Å²) in [5.41, 5.74) is 0. The number of amides is 1. The average Bonchev–Trinajstić information content (AvgIpc) is 2.89. The molecule has 4 nitrogen and oxygen atoms in total. The molecule has 21 heavy (non-hydrogen) atoms. The van der Waals surface area contributed by atoms with E-state index in [1.54, 1.807) is 17.4 Å². The Kier molecular flexibility index (Phi) is 3.67. The molecule has 0 aliphatic heterocycles. The van der Waals surface area contributed by atoms with Crippen molar-refractivity contribution in [2.45, 2.75) is 30.4 Å². The smallest absolute Gasteiger partial charge is 0.273 e. The molecule has 1 amide bonds. The van der Waals surface area contributed by atoms with E-state index < -0.39 is 15.9 Å². The molecule has 3 rings (SSSR count). The third kappa shape index (κ3) is 3.04. The molecule has 0 radical (unpaired) electrons. The van der Waals surface area contributed by atoms with Crippen LogP contribution in [-0.2, 0) is 14.8 Å². The molecule has 0 saturated heterocycles. The van der Waals surface area contributed by atoms with Gasteiger partial charge in [-0.2, -0.15) is 0 Å². The highest BCUT2D eigenvalue weighted by atomic mass is 32.2. The van der Waals surface area contributed by atoms with Crippen molar-refractivity contribution in [3.05, 3.63) is 38.9 Å². The normalized spacial score (nSPS) is 21.2. The van der Waals surface area contributed by atoms with Gasteiger partial charge in [-0.15, -0.1) is 22.7 Å². The van der Waals surface area contributed by atoms with Crippen molar-refractivity contribution in [3.8, 4) is 0 Å². The fraction of sp³-hybridized carbons (Fsp3) is 0.357. The van der Waals surface area contributed by atoms with Crippen molar-refractivity contribution in [1.29, 1.82) is 0 Å². The Balaban J connectivity index is 1.68. The van der Waals surface area contributed by atoms with Crippen molar-refractivity contribution < 1.29 is 13.2 Å². The van der Waals surface area contributed by atoms with Crippen LogP contribution in [0.1, 0.15) is 27.0 Å². The fourth-order valence-corrected chi connectivity index (χ4v) is 5.63. The number of nitrogens with one attached hydrogen (secondary N) is 1. The molecule has 2 atom stereocenters. The van der Waals surface area contributed by atoms with Gasteiger partial charge in [-0.05, 0) is 44.5 Å². The molecule has 1 saturated carbocycles. The minimum atomic E-state index is -3.72. The Morgan fingerprint density at radius 3 is 2.38 bits per heavy atom. The van der Waals surface area contributed by atoms with Crippen molar-refractivity contribution >= 4 is 38.6 Å². The quantitative estimate of drug-likeness (QED) is 0.930. The molecule has 0 spiro atoms. The van der Waals surface area contributed by atoms with Crippen LogP contribution < -0.4 is 4.72 Å². The van der Waals surface area contributed by atoms with Crippen LogP contribution >= 0.6 is 22.7 Å². The second-order valence-electron chi connectivity index (χ2n) is 5.23. The molecule has 7 heteroatoms. The van der Waals surface area contributed by atoms with E-state index >= 15 is 0 Å². The summed E-state index contributed by atoms with van der Waals surface area (Å²) in [6.07, 6.45) is 0.727. The zero-order valence-corrected chi connectivity index (χ0v) is 14.1. The molecule has 0 unspecified atom stereocenters. The summed E-state index contributed by atoms with van der Waals surface area (Å²) >= 11 is 2.84. The van der Waals surface area contributed by atoms with Gasteiger partial charge in [0.05, 0.1) is 0 Å². The van der Waals surface area contributed by atoms with Gasteiger partial charge in [-0.3, -0.25) is 4.79 Å². The number of carbonyl (C=O) groups is 1. The van der Waals surface area contributed by atoms with Gasteiger partial charge in [0.25, 0.3) is 10.0 Å². The van der Waals surface area contributed by atoms with E-state index in [1.807, 2.05) is 26.0 Å². The van der Waals surface area contributed by atoms with Gasteiger partial charge >= 0.3 is 0 Å². The van der Waals surface area contributed by atoms with Crippen LogP contribution in [0.5, 0.6) is 0 Å². The summed E-state index contributed by atoms with van der Waals surface area (Å²) in [7, 11) is -3.72.